The van der Waals surface area contributed by atoms with Crippen LogP contribution in [0, 0.1) is 6.92 Å². The highest BCUT2D eigenvalue weighted by molar-refractivity contribution is 6.46. The van der Waals surface area contributed by atoms with Crippen molar-refractivity contribution in [2.24, 2.45) is 0 Å². The number of aliphatic hydroxyl groups is 1. The van der Waals surface area contributed by atoms with Gasteiger partial charge in [-0.15, -0.1) is 0 Å². The van der Waals surface area contributed by atoms with Crippen molar-refractivity contribution < 1.29 is 19.4 Å². The van der Waals surface area contributed by atoms with Gasteiger partial charge in [0.2, 0.25) is 0 Å². The van der Waals surface area contributed by atoms with Gasteiger partial charge in [-0.1, -0.05) is 60.2 Å². The summed E-state index contributed by atoms with van der Waals surface area (Å²) in [5.74, 6) is -1.38. The molecular weight excluding hydrogens is 342 g/mol. The van der Waals surface area contributed by atoms with E-state index >= 15 is 0 Å². The zero-order valence-electron chi connectivity index (χ0n) is 15.5. The molecule has 27 heavy (non-hydrogen) atoms. The van der Waals surface area contributed by atoms with E-state index in [4.69, 9.17) is 4.74 Å². The third-order valence-corrected chi connectivity index (χ3v) is 4.73. The van der Waals surface area contributed by atoms with Gasteiger partial charge in [0.25, 0.3) is 11.7 Å². The fourth-order valence-electron chi connectivity index (χ4n) is 3.34. The van der Waals surface area contributed by atoms with Gasteiger partial charge in [0, 0.05) is 25.8 Å². The van der Waals surface area contributed by atoms with Crippen LogP contribution >= 0.6 is 0 Å². The maximum absolute atomic E-state index is 12.8. The lowest BCUT2D eigenvalue weighted by molar-refractivity contribution is -0.140. The zero-order chi connectivity index (χ0) is 19.4. The Morgan fingerprint density at radius 1 is 1.07 bits per heavy atom. The number of ether oxygens (including phenoxy) is 1. The SMILES string of the molecule is COCCCN1C(=O)C(=O)/C(=C(/O)c2ccc(C)cc2)[C@H]1c1ccccc1. The van der Waals surface area contributed by atoms with Crippen molar-refractivity contribution in [1.82, 2.24) is 4.90 Å². The molecule has 5 heteroatoms. The summed E-state index contributed by atoms with van der Waals surface area (Å²) in [4.78, 5) is 27.0. The first-order valence-corrected chi connectivity index (χ1v) is 8.94. The van der Waals surface area contributed by atoms with Crippen LogP contribution in [0.25, 0.3) is 5.76 Å². The summed E-state index contributed by atoms with van der Waals surface area (Å²) >= 11 is 0. The Bertz CT molecular complexity index is 856. The van der Waals surface area contributed by atoms with E-state index in [0.29, 0.717) is 25.1 Å². The molecule has 1 aliphatic heterocycles. The molecule has 1 atom stereocenters. The van der Waals surface area contributed by atoms with Crippen LogP contribution in [0.5, 0.6) is 0 Å². The maximum atomic E-state index is 12.8. The van der Waals surface area contributed by atoms with Gasteiger partial charge in [-0.3, -0.25) is 9.59 Å². The normalized spacial score (nSPS) is 18.9. The molecule has 0 radical (unpaired) electrons. The van der Waals surface area contributed by atoms with Gasteiger partial charge in [-0.2, -0.15) is 0 Å². The molecule has 2 aromatic rings. The Morgan fingerprint density at radius 3 is 2.37 bits per heavy atom. The number of benzene rings is 2. The molecule has 0 saturated carbocycles. The van der Waals surface area contributed by atoms with E-state index in [9.17, 15) is 14.7 Å². The Kier molecular flexibility index (Phi) is 5.72. The summed E-state index contributed by atoms with van der Waals surface area (Å²) in [7, 11) is 1.60. The zero-order valence-corrected chi connectivity index (χ0v) is 15.5. The van der Waals surface area contributed by atoms with Gasteiger partial charge in [-0.25, -0.2) is 0 Å². The van der Waals surface area contributed by atoms with E-state index in [2.05, 4.69) is 0 Å². The summed E-state index contributed by atoms with van der Waals surface area (Å²) in [6, 6.07) is 15.9. The number of carbonyl (C=O) groups is 2. The average molecular weight is 365 g/mol. The molecular formula is C22H23NO4. The number of aliphatic hydroxyl groups excluding tert-OH is 1. The first kappa shape index (κ1) is 18.9. The van der Waals surface area contributed by atoms with Crippen molar-refractivity contribution in [2.75, 3.05) is 20.3 Å². The molecule has 3 rings (SSSR count). The number of hydrogen-bond donors (Lipinski definition) is 1. The predicted octanol–water partition coefficient (Wildman–Crippen LogP) is 3.45. The van der Waals surface area contributed by atoms with E-state index in [1.165, 1.54) is 4.90 Å². The van der Waals surface area contributed by atoms with Crippen LogP contribution in [0.3, 0.4) is 0 Å². The molecule has 1 heterocycles. The molecule has 1 aliphatic rings. The number of methoxy groups -OCH3 is 1. The fraction of sp³-hybridized carbons (Fsp3) is 0.273. The van der Waals surface area contributed by atoms with Gasteiger partial charge in [-0.05, 0) is 18.9 Å². The molecule has 0 bridgehead atoms. The number of amides is 1. The lowest BCUT2D eigenvalue weighted by Gasteiger charge is -2.25. The minimum atomic E-state index is -0.653. The summed E-state index contributed by atoms with van der Waals surface area (Å²) in [5.41, 5.74) is 2.50. The van der Waals surface area contributed by atoms with Crippen molar-refractivity contribution in [3.8, 4) is 0 Å². The molecule has 1 saturated heterocycles. The molecule has 1 N–H and O–H groups in total. The minimum Gasteiger partial charge on any atom is -0.507 e. The van der Waals surface area contributed by atoms with Gasteiger partial charge < -0.3 is 14.7 Å². The van der Waals surface area contributed by atoms with Crippen molar-refractivity contribution in [3.05, 3.63) is 76.9 Å². The standard InChI is InChI=1S/C22H23NO4/c1-15-9-11-17(12-10-15)20(24)18-19(16-7-4-3-5-8-16)23(13-6-14-27-2)22(26)21(18)25/h3-5,7-12,19,24H,6,13-14H2,1-2H3/b20-18+/t19-/m1/s1. The van der Waals surface area contributed by atoms with Crippen LogP contribution in [0.4, 0.5) is 0 Å². The average Bonchev–Trinajstić information content (AvgIpc) is 2.94. The topological polar surface area (TPSA) is 66.8 Å². The number of hydrogen-bond acceptors (Lipinski definition) is 4. The maximum Gasteiger partial charge on any atom is 0.295 e. The minimum absolute atomic E-state index is 0.132. The second-order valence-electron chi connectivity index (χ2n) is 6.62. The van der Waals surface area contributed by atoms with Crippen LogP contribution in [0.15, 0.2) is 60.2 Å². The monoisotopic (exact) mass is 365 g/mol. The van der Waals surface area contributed by atoms with Crippen LogP contribution in [-0.4, -0.2) is 42.0 Å². The predicted molar refractivity (Wildman–Crippen MR) is 103 cm³/mol. The second-order valence-corrected chi connectivity index (χ2v) is 6.62. The first-order valence-electron chi connectivity index (χ1n) is 8.94. The van der Waals surface area contributed by atoms with E-state index in [1.807, 2.05) is 49.4 Å². The van der Waals surface area contributed by atoms with Crippen molar-refractivity contribution >= 4 is 17.4 Å². The third-order valence-electron chi connectivity index (χ3n) is 4.73. The number of Topliss-reactive ketones (excluding diaryl/α,β-unsaturated/α-hetero) is 1. The van der Waals surface area contributed by atoms with E-state index in [1.54, 1.807) is 19.2 Å². The summed E-state index contributed by atoms with van der Waals surface area (Å²) < 4.78 is 5.08. The number of ketones is 1. The highest BCUT2D eigenvalue weighted by atomic mass is 16.5. The van der Waals surface area contributed by atoms with E-state index in [-0.39, 0.29) is 11.3 Å². The van der Waals surface area contributed by atoms with Crippen molar-refractivity contribution in [3.63, 3.8) is 0 Å². The number of aryl methyl sites for hydroxylation is 1. The summed E-state index contributed by atoms with van der Waals surface area (Å²) in [6.07, 6.45) is 0.609. The van der Waals surface area contributed by atoms with Gasteiger partial charge in [0.05, 0.1) is 11.6 Å². The van der Waals surface area contributed by atoms with Crippen LogP contribution < -0.4 is 0 Å². The first-order chi connectivity index (χ1) is 13.0. The van der Waals surface area contributed by atoms with Crippen molar-refractivity contribution in [1.29, 1.82) is 0 Å². The molecule has 1 amide bonds. The molecule has 1 fully saturated rings. The lowest BCUT2D eigenvalue weighted by Crippen LogP contribution is -2.31. The second kappa shape index (κ2) is 8.18. The quantitative estimate of drug-likeness (QED) is 0.368. The molecule has 0 aliphatic carbocycles. The number of rotatable bonds is 6. The molecule has 140 valence electrons. The smallest absolute Gasteiger partial charge is 0.295 e. The molecule has 0 aromatic heterocycles. The van der Waals surface area contributed by atoms with Crippen LogP contribution in [0.2, 0.25) is 0 Å². The van der Waals surface area contributed by atoms with E-state index in [0.717, 1.165) is 11.1 Å². The Morgan fingerprint density at radius 2 is 1.74 bits per heavy atom. The molecule has 0 unspecified atom stereocenters. The number of likely N-dealkylation sites (tertiary alicyclic amines) is 1. The number of nitrogens with zero attached hydrogens (tertiary/aromatic N) is 1. The van der Waals surface area contributed by atoms with Crippen LogP contribution in [0.1, 0.15) is 29.2 Å². The van der Waals surface area contributed by atoms with Gasteiger partial charge in [0.15, 0.2) is 0 Å². The highest BCUT2D eigenvalue weighted by Gasteiger charge is 2.45. The van der Waals surface area contributed by atoms with Gasteiger partial charge >= 0.3 is 0 Å². The Balaban J connectivity index is 2.09. The summed E-state index contributed by atoms with van der Waals surface area (Å²) in [6.45, 7) is 2.81. The lowest BCUT2D eigenvalue weighted by atomic mass is 9.95. The largest absolute Gasteiger partial charge is 0.507 e. The highest BCUT2D eigenvalue weighted by Crippen LogP contribution is 2.39. The van der Waals surface area contributed by atoms with Gasteiger partial charge in [0.1, 0.15) is 5.76 Å². The number of carbonyl (C=O) groups excluding carboxylic acids is 2. The third kappa shape index (κ3) is 3.78. The van der Waals surface area contributed by atoms with Crippen LogP contribution in [-0.2, 0) is 14.3 Å². The molecule has 5 nitrogen and oxygen atoms in total. The van der Waals surface area contributed by atoms with Crippen molar-refractivity contribution in [2.45, 2.75) is 19.4 Å². The Hall–Kier alpha value is -2.92. The van der Waals surface area contributed by atoms with E-state index < -0.39 is 17.7 Å². The molecule has 2 aromatic carbocycles. The molecule has 0 spiro atoms. The Labute approximate surface area is 158 Å². The fourth-order valence-corrected chi connectivity index (χ4v) is 3.34. The summed E-state index contributed by atoms with van der Waals surface area (Å²) in [5, 5.41) is 10.9.